The van der Waals surface area contributed by atoms with Crippen molar-refractivity contribution in [1.29, 1.82) is 0 Å². The predicted molar refractivity (Wildman–Crippen MR) is 94.7 cm³/mol. The van der Waals surface area contributed by atoms with Gasteiger partial charge in [0.2, 0.25) is 0 Å². The van der Waals surface area contributed by atoms with E-state index in [0.29, 0.717) is 13.2 Å². The van der Waals surface area contributed by atoms with E-state index < -0.39 is 0 Å². The smallest absolute Gasteiger partial charge is 0.183 e. The minimum absolute atomic E-state index is 0.234. The van der Waals surface area contributed by atoms with Crippen LogP contribution >= 0.6 is 0 Å². The molecular weight excluding hydrogens is 288 g/mol. The molecule has 0 spiro atoms. The first-order valence-electron chi connectivity index (χ1n) is 8.95. The van der Waals surface area contributed by atoms with Crippen molar-refractivity contribution >= 4 is 0 Å². The van der Waals surface area contributed by atoms with Crippen LogP contribution in [0.2, 0.25) is 0 Å². The van der Waals surface area contributed by atoms with Gasteiger partial charge in [0.05, 0.1) is 0 Å². The quantitative estimate of drug-likeness (QED) is 0.653. The lowest BCUT2D eigenvalue weighted by Gasteiger charge is -2.32. The molecule has 4 heteroatoms. The molecule has 0 aliphatic carbocycles. The molecule has 1 saturated heterocycles. The Morgan fingerprint density at radius 1 is 1.04 bits per heavy atom. The highest BCUT2D eigenvalue weighted by atomic mass is 16.7. The first kappa shape index (κ1) is 18.4. The van der Waals surface area contributed by atoms with Crippen molar-refractivity contribution < 1.29 is 9.47 Å². The maximum Gasteiger partial charge on any atom is 0.183 e. The summed E-state index contributed by atoms with van der Waals surface area (Å²) in [4.78, 5) is 4.98. The van der Waals surface area contributed by atoms with Gasteiger partial charge in [-0.2, -0.15) is 0 Å². The lowest BCUT2D eigenvalue weighted by Crippen LogP contribution is -2.44. The Kier molecular flexibility index (Phi) is 8.03. The molecular formula is C19H32N2O2. The lowest BCUT2D eigenvalue weighted by molar-refractivity contribution is -0.140. The third kappa shape index (κ3) is 6.22. The molecule has 1 aromatic carbocycles. The van der Waals surface area contributed by atoms with Crippen LogP contribution in [-0.4, -0.2) is 62.8 Å². The van der Waals surface area contributed by atoms with Crippen LogP contribution in [0.3, 0.4) is 0 Å². The predicted octanol–water partition coefficient (Wildman–Crippen LogP) is 2.94. The number of piperazine rings is 1. The minimum Gasteiger partial charge on any atom is -0.349 e. The summed E-state index contributed by atoms with van der Waals surface area (Å²) in [5, 5.41) is 0. The largest absolute Gasteiger partial charge is 0.349 e. The standard InChI is InChI=1S/C19H32N2O2/c1-4-22-19(23-5-2)18-10-6-8-17(16-18)9-7-11-21-14-12-20(3)13-15-21/h6,8,10,16,19H,4-5,7,9,11-15H2,1-3H3. The van der Waals surface area contributed by atoms with Crippen LogP contribution in [0.1, 0.15) is 37.7 Å². The number of aryl methyl sites for hydroxylation is 1. The maximum absolute atomic E-state index is 5.70. The second-order valence-electron chi connectivity index (χ2n) is 6.24. The molecule has 23 heavy (non-hydrogen) atoms. The van der Waals surface area contributed by atoms with E-state index >= 15 is 0 Å². The maximum atomic E-state index is 5.70. The van der Waals surface area contributed by atoms with Crippen LogP contribution in [0.4, 0.5) is 0 Å². The summed E-state index contributed by atoms with van der Waals surface area (Å²) in [6.45, 7) is 11.3. The van der Waals surface area contributed by atoms with Crippen molar-refractivity contribution in [2.45, 2.75) is 33.0 Å². The highest BCUT2D eigenvalue weighted by Crippen LogP contribution is 2.20. The Hall–Kier alpha value is -0.940. The molecule has 0 atom stereocenters. The van der Waals surface area contributed by atoms with Gasteiger partial charge < -0.3 is 19.3 Å². The van der Waals surface area contributed by atoms with Gasteiger partial charge >= 0.3 is 0 Å². The van der Waals surface area contributed by atoms with E-state index in [1.165, 1.54) is 44.7 Å². The topological polar surface area (TPSA) is 24.9 Å². The van der Waals surface area contributed by atoms with E-state index in [0.717, 1.165) is 12.0 Å². The first-order valence-corrected chi connectivity index (χ1v) is 8.95. The Bertz CT molecular complexity index is 439. The number of likely N-dealkylation sites (N-methyl/N-ethyl adjacent to an activating group) is 1. The molecule has 1 aromatic rings. The Balaban J connectivity index is 1.82. The van der Waals surface area contributed by atoms with Gasteiger partial charge in [-0.1, -0.05) is 24.3 Å². The SMILES string of the molecule is CCOC(OCC)c1cccc(CCCN2CCN(C)CC2)c1. The third-order valence-corrected chi connectivity index (χ3v) is 4.39. The fourth-order valence-corrected chi connectivity index (χ4v) is 3.02. The van der Waals surface area contributed by atoms with E-state index in [4.69, 9.17) is 9.47 Å². The van der Waals surface area contributed by atoms with E-state index in [9.17, 15) is 0 Å². The van der Waals surface area contributed by atoms with Crippen molar-refractivity contribution in [2.75, 3.05) is 53.0 Å². The number of hydrogen-bond acceptors (Lipinski definition) is 4. The summed E-state index contributed by atoms with van der Waals surface area (Å²) < 4.78 is 11.4. The van der Waals surface area contributed by atoms with Gasteiger partial charge in [-0.15, -0.1) is 0 Å². The summed E-state index contributed by atoms with van der Waals surface area (Å²) in [6, 6.07) is 8.66. The van der Waals surface area contributed by atoms with Crippen molar-refractivity contribution in [3.05, 3.63) is 35.4 Å². The fraction of sp³-hybridized carbons (Fsp3) is 0.684. The molecule has 130 valence electrons. The van der Waals surface area contributed by atoms with Gasteiger partial charge in [-0.3, -0.25) is 0 Å². The van der Waals surface area contributed by atoms with E-state index in [1.54, 1.807) is 0 Å². The highest BCUT2D eigenvalue weighted by molar-refractivity contribution is 5.24. The average Bonchev–Trinajstić information content (AvgIpc) is 2.57. The molecule has 0 bridgehead atoms. The van der Waals surface area contributed by atoms with Gasteiger partial charge in [-0.25, -0.2) is 0 Å². The highest BCUT2D eigenvalue weighted by Gasteiger charge is 2.14. The van der Waals surface area contributed by atoms with E-state index in [2.05, 4.69) is 41.1 Å². The molecule has 1 fully saturated rings. The van der Waals surface area contributed by atoms with Crippen LogP contribution in [0.25, 0.3) is 0 Å². The van der Waals surface area contributed by atoms with Crippen molar-refractivity contribution in [1.82, 2.24) is 9.80 Å². The second kappa shape index (κ2) is 10.0. The zero-order valence-corrected chi connectivity index (χ0v) is 15.0. The Morgan fingerprint density at radius 2 is 1.74 bits per heavy atom. The summed E-state index contributed by atoms with van der Waals surface area (Å²) in [7, 11) is 2.20. The molecule has 2 rings (SSSR count). The number of nitrogens with zero attached hydrogens (tertiary/aromatic N) is 2. The fourth-order valence-electron chi connectivity index (χ4n) is 3.02. The molecule has 1 heterocycles. The van der Waals surface area contributed by atoms with E-state index in [-0.39, 0.29) is 6.29 Å². The molecule has 4 nitrogen and oxygen atoms in total. The molecule has 0 N–H and O–H groups in total. The van der Waals surface area contributed by atoms with Crippen molar-refractivity contribution in [3.8, 4) is 0 Å². The monoisotopic (exact) mass is 320 g/mol. The summed E-state index contributed by atoms with van der Waals surface area (Å²) in [6.07, 6.45) is 2.09. The number of rotatable bonds is 9. The van der Waals surface area contributed by atoms with Crippen LogP contribution in [0.15, 0.2) is 24.3 Å². The van der Waals surface area contributed by atoms with Gasteiger partial charge in [-0.05, 0) is 45.8 Å². The first-order chi connectivity index (χ1) is 11.2. The zero-order valence-electron chi connectivity index (χ0n) is 15.0. The van der Waals surface area contributed by atoms with Crippen molar-refractivity contribution in [3.63, 3.8) is 0 Å². The normalized spacial score (nSPS) is 17.0. The zero-order chi connectivity index (χ0) is 16.5. The molecule has 0 amide bonds. The molecule has 0 radical (unpaired) electrons. The lowest BCUT2D eigenvalue weighted by atomic mass is 10.1. The van der Waals surface area contributed by atoms with Crippen LogP contribution in [0, 0.1) is 0 Å². The molecule has 1 aliphatic heterocycles. The Morgan fingerprint density at radius 3 is 2.39 bits per heavy atom. The minimum atomic E-state index is -0.234. The number of benzene rings is 1. The van der Waals surface area contributed by atoms with Gasteiger partial charge in [0.15, 0.2) is 6.29 Å². The number of ether oxygens (including phenoxy) is 2. The third-order valence-electron chi connectivity index (χ3n) is 4.39. The van der Waals surface area contributed by atoms with Gasteiger partial charge in [0.1, 0.15) is 0 Å². The molecule has 0 saturated carbocycles. The Labute approximate surface area is 141 Å². The molecule has 0 aromatic heterocycles. The van der Waals surface area contributed by atoms with Gasteiger partial charge in [0.25, 0.3) is 0 Å². The molecule has 1 aliphatic rings. The summed E-state index contributed by atoms with van der Waals surface area (Å²) in [5.41, 5.74) is 2.51. The average molecular weight is 320 g/mol. The van der Waals surface area contributed by atoms with Crippen LogP contribution in [-0.2, 0) is 15.9 Å². The molecule has 0 unspecified atom stereocenters. The number of hydrogen-bond donors (Lipinski definition) is 0. The van der Waals surface area contributed by atoms with Gasteiger partial charge in [0, 0.05) is 45.0 Å². The van der Waals surface area contributed by atoms with Crippen molar-refractivity contribution in [2.24, 2.45) is 0 Å². The van der Waals surface area contributed by atoms with E-state index in [1.807, 2.05) is 13.8 Å². The summed E-state index contributed by atoms with van der Waals surface area (Å²) in [5.74, 6) is 0. The van der Waals surface area contributed by atoms with Crippen LogP contribution < -0.4 is 0 Å². The van der Waals surface area contributed by atoms with Crippen LogP contribution in [0.5, 0.6) is 0 Å². The summed E-state index contributed by atoms with van der Waals surface area (Å²) >= 11 is 0. The second-order valence-corrected chi connectivity index (χ2v) is 6.24.